The van der Waals surface area contributed by atoms with Crippen LogP contribution in [0.3, 0.4) is 0 Å². The van der Waals surface area contributed by atoms with E-state index >= 15 is 0 Å². The minimum absolute atomic E-state index is 0.0496. The number of aromatic nitrogens is 2. The van der Waals surface area contributed by atoms with Crippen LogP contribution in [0.4, 0.5) is 5.69 Å². The van der Waals surface area contributed by atoms with E-state index in [1.165, 1.54) is 22.4 Å². The van der Waals surface area contributed by atoms with Gasteiger partial charge in [0.25, 0.3) is 0 Å². The summed E-state index contributed by atoms with van der Waals surface area (Å²) in [5, 5.41) is 9.86. The maximum atomic E-state index is 11.1. The Morgan fingerprint density at radius 2 is 1.81 bits per heavy atom. The summed E-state index contributed by atoms with van der Waals surface area (Å²) in [6, 6.07) is 15.5. The van der Waals surface area contributed by atoms with Crippen LogP contribution in [-0.2, 0) is 24.8 Å². The second kappa shape index (κ2) is 8.14. The molecule has 1 aliphatic heterocycles. The van der Waals surface area contributed by atoms with Crippen molar-refractivity contribution >= 4 is 12.0 Å². The van der Waals surface area contributed by atoms with Crippen molar-refractivity contribution in [2.75, 3.05) is 11.4 Å². The van der Waals surface area contributed by atoms with Crippen molar-refractivity contribution in [3.63, 3.8) is 0 Å². The van der Waals surface area contributed by atoms with E-state index in [-0.39, 0.29) is 16.9 Å². The molecule has 4 rings (SSSR count). The molecule has 1 aromatic heterocycles. The molecule has 0 fully saturated rings. The zero-order valence-corrected chi connectivity index (χ0v) is 18.6. The number of carbonyl (C=O) groups excluding carboxylic acids is 1. The molecule has 0 aliphatic carbocycles. The molecule has 0 unspecified atom stereocenters. The van der Waals surface area contributed by atoms with Crippen molar-refractivity contribution in [3.05, 3.63) is 81.9 Å². The number of nitrogens with zero attached hydrogens (tertiary/aromatic N) is 3. The summed E-state index contributed by atoms with van der Waals surface area (Å²) in [6.07, 6.45) is 2.09. The largest absolute Gasteiger partial charge is 0.504 e. The molecule has 160 valence electrons. The van der Waals surface area contributed by atoms with Crippen LogP contribution in [0, 0.1) is 6.92 Å². The van der Waals surface area contributed by atoms with Crippen molar-refractivity contribution in [2.45, 2.75) is 52.5 Å². The highest BCUT2D eigenvalue weighted by Crippen LogP contribution is 2.29. The Morgan fingerprint density at radius 1 is 1.06 bits per heavy atom. The summed E-state index contributed by atoms with van der Waals surface area (Å²) in [5.74, 6) is 0.411. The van der Waals surface area contributed by atoms with E-state index < -0.39 is 0 Å². The Bertz CT molecular complexity index is 1110. The van der Waals surface area contributed by atoms with Crippen LogP contribution in [-0.4, -0.2) is 27.9 Å². The summed E-state index contributed by atoms with van der Waals surface area (Å²) in [4.78, 5) is 22.1. The van der Waals surface area contributed by atoms with Gasteiger partial charge < -0.3 is 10.0 Å². The molecular formula is C26H29N3O2. The minimum atomic E-state index is -0.139. The first-order valence-corrected chi connectivity index (χ1v) is 10.7. The van der Waals surface area contributed by atoms with Gasteiger partial charge in [-0.3, -0.25) is 4.79 Å². The zero-order chi connectivity index (χ0) is 22.2. The number of hydrogen-bond acceptors (Lipinski definition) is 5. The highest BCUT2D eigenvalue weighted by molar-refractivity contribution is 5.76. The number of fused-ring (bicyclic) bond motifs is 1. The van der Waals surface area contributed by atoms with Crippen LogP contribution in [0.15, 0.2) is 42.5 Å². The fourth-order valence-electron chi connectivity index (χ4n) is 4.10. The summed E-state index contributed by atoms with van der Waals surface area (Å²) in [7, 11) is 0. The number of hydrogen-bond donors (Lipinski definition) is 1. The van der Waals surface area contributed by atoms with Gasteiger partial charge in [0, 0.05) is 25.2 Å². The fraction of sp³-hybridized carbons (Fsp3) is 0.346. The first-order chi connectivity index (χ1) is 14.7. The quantitative estimate of drug-likeness (QED) is 0.623. The molecular weight excluding hydrogens is 386 g/mol. The number of anilines is 1. The normalized spacial score (nSPS) is 13.7. The Balaban J connectivity index is 1.50. The second-order valence-electron chi connectivity index (χ2n) is 9.33. The molecule has 1 N–H and O–H groups in total. The number of aromatic hydroxyl groups is 1. The monoisotopic (exact) mass is 415 g/mol. The van der Waals surface area contributed by atoms with Gasteiger partial charge in [-0.1, -0.05) is 51.1 Å². The van der Waals surface area contributed by atoms with Crippen molar-refractivity contribution in [1.29, 1.82) is 0 Å². The first kappa shape index (κ1) is 21.0. The Kier molecular flexibility index (Phi) is 5.52. The molecule has 0 saturated heterocycles. The van der Waals surface area contributed by atoms with Gasteiger partial charge in [-0.05, 0) is 53.1 Å². The molecule has 0 amide bonds. The van der Waals surface area contributed by atoms with Gasteiger partial charge in [0.15, 0.2) is 12.0 Å². The van der Waals surface area contributed by atoms with E-state index in [4.69, 9.17) is 0 Å². The third kappa shape index (κ3) is 4.46. The van der Waals surface area contributed by atoms with Crippen LogP contribution < -0.4 is 4.90 Å². The van der Waals surface area contributed by atoms with Crippen LogP contribution in [0.5, 0.6) is 5.75 Å². The van der Waals surface area contributed by atoms with Crippen LogP contribution in [0.1, 0.15) is 65.0 Å². The predicted molar refractivity (Wildman–Crippen MR) is 123 cm³/mol. The highest BCUT2D eigenvalue weighted by Gasteiger charge is 2.19. The van der Waals surface area contributed by atoms with Gasteiger partial charge in [-0.25, -0.2) is 9.97 Å². The van der Waals surface area contributed by atoms with Crippen molar-refractivity contribution in [1.82, 2.24) is 9.97 Å². The molecule has 0 spiro atoms. The standard InChI is InChI=1S/C26H29N3O2/c1-17-25(31)23(16-30)28-24(27-17)14-18-5-6-20-15-29(12-11-19(20)13-18)22-9-7-21(8-10-22)26(2,3)4/h5-10,13,16,31H,11-12,14-15H2,1-4H3. The lowest BCUT2D eigenvalue weighted by atomic mass is 9.87. The molecule has 5 heteroatoms. The smallest absolute Gasteiger partial charge is 0.172 e. The van der Waals surface area contributed by atoms with Crippen LogP contribution in [0.2, 0.25) is 0 Å². The Labute approximate surface area is 183 Å². The van der Waals surface area contributed by atoms with E-state index in [1.807, 2.05) is 0 Å². The van der Waals surface area contributed by atoms with E-state index in [2.05, 4.69) is 78.1 Å². The lowest BCUT2D eigenvalue weighted by Gasteiger charge is -2.31. The maximum Gasteiger partial charge on any atom is 0.172 e. The topological polar surface area (TPSA) is 66.3 Å². The molecule has 0 radical (unpaired) electrons. The second-order valence-corrected chi connectivity index (χ2v) is 9.33. The lowest BCUT2D eigenvalue weighted by Crippen LogP contribution is -2.30. The van der Waals surface area contributed by atoms with Crippen molar-refractivity contribution < 1.29 is 9.90 Å². The minimum Gasteiger partial charge on any atom is -0.504 e. The van der Waals surface area contributed by atoms with E-state index in [1.54, 1.807) is 6.92 Å². The zero-order valence-electron chi connectivity index (χ0n) is 18.6. The van der Waals surface area contributed by atoms with Gasteiger partial charge in [0.1, 0.15) is 11.5 Å². The summed E-state index contributed by atoms with van der Waals surface area (Å²) >= 11 is 0. The number of benzene rings is 2. The van der Waals surface area contributed by atoms with Crippen LogP contribution in [0.25, 0.3) is 0 Å². The Hall–Kier alpha value is -3.21. The molecule has 0 saturated carbocycles. The molecule has 5 nitrogen and oxygen atoms in total. The molecule has 1 aliphatic rings. The van der Waals surface area contributed by atoms with E-state index in [0.29, 0.717) is 24.2 Å². The fourth-order valence-corrected chi connectivity index (χ4v) is 4.10. The molecule has 3 aromatic rings. The highest BCUT2D eigenvalue weighted by atomic mass is 16.3. The van der Waals surface area contributed by atoms with Gasteiger partial charge in [-0.2, -0.15) is 0 Å². The van der Waals surface area contributed by atoms with E-state index in [0.717, 1.165) is 25.1 Å². The Morgan fingerprint density at radius 3 is 2.48 bits per heavy atom. The average Bonchev–Trinajstić information content (AvgIpc) is 2.75. The summed E-state index contributed by atoms with van der Waals surface area (Å²) in [5.41, 5.74) is 7.06. The lowest BCUT2D eigenvalue weighted by molar-refractivity contribution is 0.111. The predicted octanol–water partition coefficient (Wildman–Crippen LogP) is 4.75. The number of aryl methyl sites for hydroxylation is 1. The maximum absolute atomic E-state index is 11.1. The molecule has 31 heavy (non-hydrogen) atoms. The van der Waals surface area contributed by atoms with E-state index in [9.17, 15) is 9.90 Å². The van der Waals surface area contributed by atoms with Crippen molar-refractivity contribution in [3.8, 4) is 5.75 Å². The van der Waals surface area contributed by atoms with Gasteiger partial charge in [0.2, 0.25) is 0 Å². The molecule has 0 atom stereocenters. The summed E-state index contributed by atoms with van der Waals surface area (Å²) in [6.45, 7) is 10.3. The number of aldehydes is 1. The van der Waals surface area contributed by atoms with Gasteiger partial charge >= 0.3 is 0 Å². The average molecular weight is 416 g/mol. The molecule has 2 aromatic carbocycles. The van der Waals surface area contributed by atoms with Gasteiger partial charge in [-0.15, -0.1) is 0 Å². The third-order valence-corrected chi connectivity index (χ3v) is 5.99. The number of rotatable bonds is 4. The summed E-state index contributed by atoms with van der Waals surface area (Å²) < 4.78 is 0. The SMILES string of the molecule is Cc1nc(Cc2ccc3c(c2)CCN(c2ccc(C(C)(C)C)cc2)C3)nc(C=O)c1O. The van der Waals surface area contributed by atoms with Gasteiger partial charge in [0.05, 0.1) is 5.69 Å². The van der Waals surface area contributed by atoms with Crippen LogP contribution >= 0.6 is 0 Å². The molecule has 2 heterocycles. The molecule has 0 bridgehead atoms. The van der Waals surface area contributed by atoms with Crippen molar-refractivity contribution in [2.24, 2.45) is 0 Å². The first-order valence-electron chi connectivity index (χ1n) is 10.7. The third-order valence-electron chi connectivity index (χ3n) is 5.99. The number of carbonyl (C=O) groups is 1.